The number of rotatable bonds is 7. The van der Waals surface area contributed by atoms with Crippen molar-refractivity contribution in [2.24, 2.45) is 0 Å². The summed E-state index contributed by atoms with van der Waals surface area (Å²) in [6.45, 7) is 1.12. The van der Waals surface area contributed by atoms with Gasteiger partial charge in [0.1, 0.15) is 5.75 Å². The molecule has 0 radical (unpaired) electrons. The van der Waals surface area contributed by atoms with E-state index in [0.717, 1.165) is 18.7 Å². The summed E-state index contributed by atoms with van der Waals surface area (Å²) >= 11 is 0. The first-order valence-corrected chi connectivity index (χ1v) is 8.59. The van der Waals surface area contributed by atoms with E-state index in [1.807, 2.05) is 19.2 Å². The molecule has 6 nitrogen and oxygen atoms in total. The number of aliphatic hydroxyl groups excluding tert-OH is 1. The zero-order valence-corrected chi connectivity index (χ0v) is 14.6. The molecule has 0 aliphatic carbocycles. The summed E-state index contributed by atoms with van der Waals surface area (Å²) in [5.41, 5.74) is 3.02. The molecule has 5 N–H and O–H groups in total. The Morgan fingerprint density at radius 1 is 1.08 bits per heavy atom. The summed E-state index contributed by atoms with van der Waals surface area (Å²) in [4.78, 5) is 14.1. The van der Waals surface area contributed by atoms with Gasteiger partial charge >= 0.3 is 0 Å². The highest BCUT2D eigenvalue weighted by Gasteiger charge is 2.13. The van der Waals surface area contributed by atoms with Gasteiger partial charge in [-0.05, 0) is 48.4 Å². The van der Waals surface area contributed by atoms with Gasteiger partial charge in [-0.1, -0.05) is 18.2 Å². The number of aromatic amines is 1. The Morgan fingerprint density at radius 3 is 2.58 bits per heavy atom. The molecule has 136 valence electrons. The molecule has 0 aliphatic rings. The van der Waals surface area contributed by atoms with Crippen molar-refractivity contribution in [3.63, 3.8) is 0 Å². The number of hydrogen-bond acceptors (Lipinski definition) is 5. The number of phenols is 1. The van der Waals surface area contributed by atoms with Crippen LogP contribution >= 0.6 is 0 Å². The molecular weight excluding hydrogens is 330 g/mol. The topological polar surface area (TPSA) is 97.4 Å². The zero-order valence-electron chi connectivity index (χ0n) is 14.6. The Kier molecular flexibility index (Phi) is 5.55. The quantitative estimate of drug-likeness (QED) is 0.419. The number of aromatic hydroxyl groups is 1. The third-order valence-corrected chi connectivity index (χ3v) is 4.44. The van der Waals surface area contributed by atoms with E-state index < -0.39 is 6.10 Å². The smallest absolute Gasteiger partial charge is 0.248 e. The summed E-state index contributed by atoms with van der Waals surface area (Å²) in [7, 11) is 1.89. The molecular formula is C20H23N3O3. The summed E-state index contributed by atoms with van der Waals surface area (Å²) in [6.07, 6.45) is 0.121. The number of phenolic OH excluding ortho intramolecular Hbond substituents is 1. The van der Waals surface area contributed by atoms with E-state index in [4.69, 9.17) is 0 Å². The molecule has 0 fully saturated rings. The Bertz CT molecular complexity index is 935. The van der Waals surface area contributed by atoms with Crippen molar-refractivity contribution in [2.45, 2.75) is 12.5 Å². The number of hydrogen-bond donors (Lipinski definition) is 5. The zero-order chi connectivity index (χ0) is 18.5. The molecule has 0 amide bonds. The van der Waals surface area contributed by atoms with Crippen LogP contribution in [0.2, 0.25) is 0 Å². The minimum Gasteiger partial charge on any atom is -0.506 e. The second-order valence-corrected chi connectivity index (χ2v) is 6.20. The van der Waals surface area contributed by atoms with E-state index in [9.17, 15) is 15.0 Å². The summed E-state index contributed by atoms with van der Waals surface area (Å²) in [5, 5.41) is 27.4. The first-order chi connectivity index (χ1) is 12.6. The van der Waals surface area contributed by atoms with E-state index in [-0.39, 0.29) is 11.3 Å². The number of fused-ring (bicyclic) bond motifs is 1. The molecule has 0 spiro atoms. The van der Waals surface area contributed by atoms with Crippen LogP contribution in [0.15, 0.2) is 53.3 Å². The third kappa shape index (κ3) is 4.04. The van der Waals surface area contributed by atoms with Crippen LogP contribution in [0.3, 0.4) is 0 Å². The number of anilines is 1. The summed E-state index contributed by atoms with van der Waals surface area (Å²) in [6, 6.07) is 14.4. The fourth-order valence-electron chi connectivity index (χ4n) is 2.97. The first kappa shape index (κ1) is 18.0. The Balaban J connectivity index is 1.61. The van der Waals surface area contributed by atoms with E-state index in [1.54, 1.807) is 12.1 Å². The van der Waals surface area contributed by atoms with Crippen molar-refractivity contribution < 1.29 is 10.2 Å². The highest BCUT2D eigenvalue weighted by molar-refractivity contribution is 5.87. The maximum atomic E-state index is 11.5. The molecule has 1 heterocycles. The minimum atomic E-state index is -0.740. The maximum absolute atomic E-state index is 11.5. The molecule has 0 unspecified atom stereocenters. The van der Waals surface area contributed by atoms with Gasteiger partial charge in [0.2, 0.25) is 5.56 Å². The largest absolute Gasteiger partial charge is 0.506 e. The lowest BCUT2D eigenvalue weighted by Gasteiger charge is -2.15. The Morgan fingerprint density at radius 2 is 1.85 bits per heavy atom. The second-order valence-electron chi connectivity index (χ2n) is 6.20. The molecule has 1 atom stereocenters. The fourth-order valence-corrected chi connectivity index (χ4v) is 2.97. The Hall–Kier alpha value is -2.83. The van der Waals surface area contributed by atoms with Crippen LogP contribution in [0.25, 0.3) is 10.9 Å². The van der Waals surface area contributed by atoms with Crippen molar-refractivity contribution in [2.75, 3.05) is 25.5 Å². The SMILES string of the molecule is CNc1ccc(CCNC[C@H](O)c2ccc(O)c3[nH]c(=O)ccc23)cc1. The van der Waals surface area contributed by atoms with Gasteiger partial charge in [-0.2, -0.15) is 0 Å². The van der Waals surface area contributed by atoms with Gasteiger partial charge in [-0.25, -0.2) is 0 Å². The monoisotopic (exact) mass is 353 g/mol. The molecule has 3 aromatic rings. The van der Waals surface area contributed by atoms with Crippen LogP contribution in [0.4, 0.5) is 5.69 Å². The van der Waals surface area contributed by atoms with E-state index in [0.29, 0.717) is 23.0 Å². The Labute approximate surface area is 151 Å². The molecule has 0 saturated heterocycles. The van der Waals surface area contributed by atoms with Crippen LogP contribution in [0, 0.1) is 0 Å². The van der Waals surface area contributed by atoms with Crippen molar-refractivity contribution >= 4 is 16.6 Å². The number of H-pyrrole nitrogens is 1. The normalized spacial score (nSPS) is 12.2. The number of benzene rings is 2. The molecule has 2 aromatic carbocycles. The van der Waals surface area contributed by atoms with Crippen LogP contribution in [-0.2, 0) is 6.42 Å². The lowest BCUT2D eigenvalue weighted by molar-refractivity contribution is 0.176. The van der Waals surface area contributed by atoms with Crippen molar-refractivity contribution in [3.8, 4) is 5.75 Å². The summed E-state index contributed by atoms with van der Waals surface area (Å²) in [5.74, 6) is -0.00775. The fraction of sp³-hybridized carbons (Fsp3) is 0.250. The lowest BCUT2D eigenvalue weighted by atomic mass is 10.0. The van der Waals surface area contributed by atoms with Gasteiger partial charge in [-0.15, -0.1) is 0 Å². The highest BCUT2D eigenvalue weighted by atomic mass is 16.3. The van der Waals surface area contributed by atoms with Crippen molar-refractivity contribution in [1.82, 2.24) is 10.3 Å². The van der Waals surface area contributed by atoms with Gasteiger partial charge in [0.05, 0.1) is 11.6 Å². The van der Waals surface area contributed by atoms with Crippen LogP contribution in [0.1, 0.15) is 17.2 Å². The number of aliphatic hydroxyl groups is 1. The molecule has 0 aliphatic heterocycles. The maximum Gasteiger partial charge on any atom is 0.248 e. The number of nitrogens with one attached hydrogen (secondary N) is 3. The molecule has 6 heteroatoms. The van der Waals surface area contributed by atoms with Crippen LogP contribution in [0.5, 0.6) is 5.75 Å². The van der Waals surface area contributed by atoms with Gasteiger partial charge < -0.3 is 25.8 Å². The molecule has 1 aromatic heterocycles. The second kappa shape index (κ2) is 8.03. The first-order valence-electron chi connectivity index (χ1n) is 8.59. The minimum absolute atomic E-state index is 0.00775. The average Bonchev–Trinajstić information content (AvgIpc) is 2.66. The predicted octanol–water partition coefficient (Wildman–Crippen LogP) is 2.14. The average molecular weight is 353 g/mol. The molecule has 3 rings (SSSR count). The van der Waals surface area contributed by atoms with Crippen molar-refractivity contribution in [3.05, 3.63) is 70.0 Å². The predicted molar refractivity (Wildman–Crippen MR) is 104 cm³/mol. The molecule has 0 bridgehead atoms. The van der Waals surface area contributed by atoms with Gasteiger partial charge in [0.25, 0.3) is 0 Å². The lowest BCUT2D eigenvalue weighted by Crippen LogP contribution is -2.24. The number of aromatic nitrogens is 1. The third-order valence-electron chi connectivity index (χ3n) is 4.44. The van der Waals surface area contributed by atoms with Crippen molar-refractivity contribution in [1.29, 1.82) is 0 Å². The van der Waals surface area contributed by atoms with E-state index in [2.05, 4.69) is 27.8 Å². The highest BCUT2D eigenvalue weighted by Crippen LogP contribution is 2.28. The van der Waals surface area contributed by atoms with E-state index in [1.165, 1.54) is 17.7 Å². The van der Waals surface area contributed by atoms with Gasteiger partial charge in [-0.3, -0.25) is 4.79 Å². The van der Waals surface area contributed by atoms with E-state index >= 15 is 0 Å². The summed E-state index contributed by atoms with van der Waals surface area (Å²) < 4.78 is 0. The molecule has 26 heavy (non-hydrogen) atoms. The number of pyridine rings is 1. The van der Waals surface area contributed by atoms with Gasteiger partial charge in [0.15, 0.2) is 0 Å². The van der Waals surface area contributed by atoms with Crippen LogP contribution in [-0.4, -0.2) is 35.3 Å². The molecule has 0 saturated carbocycles. The standard InChI is InChI=1S/C20H23N3O3/c1-21-14-4-2-13(3-5-14)10-11-22-12-18(25)15-6-8-17(24)20-16(15)7-9-19(26)23-20/h2-9,18,21-22,24-25H,10-12H2,1H3,(H,23,26)/t18-/m0/s1. The van der Waals surface area contributed by atoms with Gasteiger partial charge in [0, 0.05) is 30.7 Å². The van der Waals surface area contributed by atoms with Crippen LogP contribution < -0.4 is 16.2 Å².